The van der Waals surface area contributed by atoms with E-state index in [1.54, 1.807) is 60.5 Å². The van der Waals surface area contributed by atoms with Crippen molar-refractivity contribution in [2.75, 3.05) is 17.3 Å². The van der Waals surface area contributed by atoms with Crippen molar-refractivity contribution >= 4 is 34.8 Å². The third-order valence-electron chi connectivity index (χ3n) is 3.90. The Morgan fingerprint density at radius 1 is 0.846 bits per heavy atom. The molecule has 5 heteroatoms. The van der Waals surface area contributed by atoms with Crippen LogP contribution in [-0.2, 0) is 0 Å². The second-order valence-corrected chi connectivity index (χ2v) is 6.18. The highest BCUT2D eigenvalue weighted by Gasteiger charge is 2.15. The smallest absolute Gasteiger partial charge is 0.258 e. The van der Waals surface area contributed by atoms with Crippen molar-refractivity contribution in [2.24, 2.45) is 0 Å². The van der Waals surface area contributed by atoms with Crippen LogP contribution in [0.25, 0.3) is 0 Å². The van der Waals surface area contributed by atoms with E-state index < -0.39 is 0 Å². The van der Waals surface area contributed by atoms with Crippen LogP contribution in [0, 0.1) is 0 Å². The van der Waals surface area contributed by atoms with Gasteiger partial charge < -0.3 is 10.2 Å². The number of amides is 2. The molecule has 0 saturated carbocycles. The minimum absolute atomic E-state index is 0.186. The van der Waals surface area contributed by atoms with Gasteiger partial charge in [0.2, 0.25) is 0 Å². The first kappa shape index (κ1) is 17.7. The molecule has 0 aliphatic carbocycles. The normalized spacial score (nSPS) is 10.2. The Morgan fingerprint density at radius 2 is 1.54 bits per heavy atom. The molecule has 130 valence electrons. The first-order valence-electron chi connectivity index (χ1n) is 8.05. The lowest BCUT2D eigenvalue weighted by atomic mass is 10.1. The molecule has 0 unspecified atom stereocenters. The van der Waals surface area contributed by atoms with E-state index in [9.17, 15) is 9.59 Å². The van der Waals surface area contributed by atoms with Crippen LogP contribution in [0.1, 0.15) is 20.7 Å². The van der Waals surface area contributed by atoms with Gasteiger partial charge in [0.15, 0.2) is 0 Å². The fraction of sp³-hybridized carbons (Fsp3) is 0.0476. The van der Waals surface area contributed by atoms with E-state index in [4.69, 9.17) is 11.6 Å². The summed E-state index contributed by atoms with van der Waals surface area (Å²) in [5.74, 6) is -0.488. The average Bonchev–Trinajstić information content (AvgIpc) is 2.67. The molecule has 3 aromatic rings. The molecule has 0 saturated heterocycles. The summed E-state index contributed by atoms with van der Waals surface area (Å²) < 4.78 is 0. The van der Waals surface area contributed by atoms with Gasteiger partial charge in [-0.25, -0.2) is 0 Å². The summed E-state index contributed by atoms with van der Waals surface area (Å²) in [5.41, 5.74) is 2.22. The Kier molecular flexibility index (Phi) is 5.34. The highest BCUT2D eigenvalue weighted by molar-refractivity contribution is 6.31. The molecule has 0 heterocycles. The fourth-order valence-electron chi connectivity index (χ4n) is 2.53. The number of anilines is 2. The van der Waals surface area contributed by atoms with E-state index in [0.29, 0.717) is 21.8 Å². The lowest BCUT2D eigenvalue weighted by molar-refractivity contribution is 0.0993. The second-order valence-electron chi connectivity index (χ2n) is 5.74. The van der Waals surface area contributed by atoms with Crippen molar-refractivity contribution in [1.29, 1.82) is 0 Å². The van der Waals surface area contributed by atoms with Crippen LogP contribution in [0.2, 0.25) is 5.02 Å². The van der Waals surface area contributed by atoms with Crippen molar-refractivity contribution in [1.82, 2.24) is 0 Å². The van der Waals surface area contributed by atoms with Gasteiger partial charge in [0, 0.05) is 34.6 Å². The van der Waals surface area contributed by atoms with Crippen molar-refractivity contribution in [2.45, 2.75) is 0 Å². The van der Waals surface area contributed by atoms with Crippen LogP contribution in [0.3, 0.4) is 0 Å². The van der Waals surface area contributed by atoms with E-state index in [1.165, 1.54) is 0 Å². The molecule has 1 N–H and O–H groups in total. The number of halogens is 1. The summed E-state index contributed by atoms with van der Waals surface area (Å²) in [5, 5.41) is 3.32. The summed E-state index contributed by atoms with van der Waals surface area (Å²) in [4.78, 5) is 26.7. The Labute approximate surface area is 157 Å². The lowest BCUT2D eigenvalue weighted by Crippen LogP contribution is -2.26. The Morgan fingerprint density at radius 3 is 2.27 bits per heavy atom. The maximum absolute atomic E-state index is 12.7. The summed E-state index contributed by atoms with van der Waals surface area (Å²) in [7, 11) is 1.70. The molecule has 26 heavy (non-hydrogen) atoms. The molecule has 0 aliphatic heterocycles. The van der Waals surface area contributed by atoms with Crippen LogP contribution in [-0.4, -0.2) is 18.9 Å². The number of nitrogens with one attached hydrogen (secondary N) is 1. The molecule has 0 spiro atoms. The van der Waals surface area contributed by atoms with E-state index in [2.05, 4.69) is 5.32 Å². The van der Waals surface area contributed by atoms with Crippen molar-refractivity contribution in [3.8, 4) is 0 Å². The molecule has 0 radical (unpaired) electrons. The van der Waals surface area contributed by atoms with Crippen LogP contribution >= 0.6 is 11.6 Å². The zero-order valence-corrected chi connectivity index (χ0v) is 14.9. The number of rotatable bonds is 4. The number of para-hydroxylation sites is 1. The molecule has 0 fully saturated rings. The minimum atomic E-state index is -0.302. The zero-order chi connectivity index (χ0) is 18.5. The Hall–Kier alpha value is -3.11. The maximum Gasteiger partial charge on any atom is 0.258 e. The van der Waals surface area contributed by atoms with Crippen LogP contribution in [0.4, 0.5) is 11.4 Å². The third-order valence-corrected chi connectivity index (χ3v) is 4.14. The number of nitrogens with zero attached hydrogens (tertiary/aromatic N) is 1. The first-order valence-corrected chi connectivity index (χ1v) is 8.42. The van der Waals surface area contributed by atoms with Crippen molar-refractivity contribution in [3.63, 3.8) is 0 Å². The molecule has 0 atom stereocenters. The zero-order valence-electron chi connectivity index (χ0n) is 14.1. The molecule has 0 aliphatic rings. The topological polar surface area (TPSA) is 49.4 Å². The lowest BCUT2D eigenvalue weighted by Gasteiger charge is -2.17. The monoisotopic (exact) mass is 364 g/mol. The SMILES string of the molecule is CN(C(=O)c1cccc(C(=O)Nc2cccc(Cl)c2)c1)c1ccccc1. The molecule has 4 nitrogen and oxygen atoms in total. The number of hydrogen-bond donors (Lipinski definition) is 1. The predicted molar refractivity (Wildman–Crippen MR) is 105 cm³/mol. The average molecular weight is 365 g/mol. The van der Waals surface area contributed by atoms with Gasteiger partial charge in [-0.3, -0.25) is 9.59 Å². The standard InChI is InChI=1S/C21H17ClN2O2/c1-24(19-11-3-2-4-12-19)21(26)16-8-5-7-15(13-16)20(25)23-18-10-6-9-17(22)14-18/h2-14H,1H3,(H,23,25). The summed E-state index contributed by atoms with van der Waals surface area (Å²) in [6.45, 7) is 0. The number of carbonyl (C=O) groups is 2. The van der Waals surface area contributed by atoms with Crippen molar-refractivity contribution < 1.29 is 9.59 Å². The molecular weight excluding hydrogens is 348 g/mol. The summed E-state index contributed by atoms with van der Waals surface area (Å²) in [6.07, 6.45) is 0. The number of benzene rings is 3. The second kappa shape index (κ2) is 7.85. The van der Waals surface area contributed by atoms with Gasteiger partial charge in [-0.1, -0.05) is 41.9 Å². The van der Waals surface area contributed by atoms with Crippen LogP contribution in [0.5, 0.6) is 0 Å². The molecule has 0 aromatic heterocycles. The van der Waals surface area contributed by atoms with E-state index >= 15 is 0 Å². The number of hydrogen-bond acceptors (Lipinski definition) is 2. The Balaban J connectivity index is 1.79. The van der Waals surface area contributed by atoms with Gasteiger partial charge in [0.1, 0.15) is 0 Å². The molecule has 3 aromatic carbocycles. The van der Waals surface area contributed by atoms with Crippen LogP contribution < -0.4 is 10.2 Å². The third kappa shape index (κ3) is 4.10. The molecule has 0 bridgehead atoms. The summed E-state index contributed by atoms with van der Waals surface area (Å²) in [6, 6.07) is 22.9. The minimum Gasteiger partial charge on any atom is -0.322 e. The largest absolute Gasteiger partial charge is 0.322 e. The van der Waals surface area contributed by atoms with Gasteiger partial charge in [0.25, 0.3) is 11.8 Å². The van der Waals surface area contributed by atoms with E-state index in [0.717, 1.165) is 5.69 Å². The van der Waals surface area contributed by atoms with Crippen molar-refractivity contribution in [3.05, 3.63) is 95.0 Å². The highest BCUT2D eigenvalue weighted by Crippen LogP contribution is 2.18. The maximum atomic E-state index is 12.7. The number of carbonyl (C=O) groups excluding carboxylic acids is 2. The molecule has 2 amide bonds. The van der Waals surface area contributed by atoms with Gasteiger partial charge >= 0.3 is 0 Å². The quantitative estimate of drug-likeness (QED) is 0.718. The van der Waals surface area contributed by atoms with Gasteiger partial charge in [-0.2, -0.15) is 0 Å². The first-order chi connectivity index (χ1) is 12.5. The van der Waals surface area contributed by atoms with Gasteiger partial charge in [-0.05, 0) is 48.5 Å². The van der Waals surface area contributed by atoms with E-state index in [-0.39, 0.29) is 11.8 Å². The predicted octanol–water partition coefficient (Wildman–Crippen LogP) is 4.87. The highest BCUT2D eigenvalue weighted by atomic mass is 35.5. The van der Waals surface area contributed by atoms with E-state index in [1.807, 2.05) is 30.3 Å². The molecular formula is C21H17ClN2O2. The fourth-order valence-corrected chi connectivity index (χ4v) is 2.72. The van der Waals surface area contributed by atoms with Gasteiger partial charge in [-0.15, -0.1) is 0 Å². The van der Waals surface area contributed by atoms with Gasteiger partial charge in [0.05, 0.1) is 0 Å². The van der Waals surface area contributed by atoms with Crippen LogP contribution in [0.15, 0.2) is 78.9 Å². The summed E-state index contributed by atoms with van der Waals surface area (Å²) >= 11 is 5.93. The Bertz CT molecular complexity index is 942. The molecule has 3 rings (SSSR count).